The summed E-state index contributed by atoms with van der Waals surface area (Å²) in [6, 6.07) is 6.16. The highest BCUT2D eigenvalue weighted by Gasteiger charge is 2.26. The van der Waals surface area contributed by atoms with Crippen LogP contribution in [0.5, 0.6) is 0 Å². The number of aromatic nitrogens is 3. The molecule has 0 aliphatic heterocycles. The molecular formula is C24H30F2N6O. The van der Waals surface area contributed by atoms with Crippen LogP contribution in [0.25, 0.3) is 11.0 Å². The van der Waals surface area contributed by atoms with Gasteiger partial charge in [0.15, 0.2) is 0 Å². The smallest absolute Gasteiger partial charge is 0.208 e. The number of hydrogen-bond donors (Lipinski definition) is 4. The number of hydrogen-bond acceptors (Lipinski definition) is 6. The lowest BCUT2D eigenvalue weighted by Crippen LogP contribution is -2.33. The van der Waals surface area contributed by atoms with E-state index in [9.17, 15) is 13.9 Å². The van der Waals surface area contributed by atoms with Crippen LogP contribution in [0.15, 0.2) is 30.5 Å². The van der Waals surface area contributed by atoms with Gasteiger partial charge in [-0.05, 0) is 63.5 Å². The lowest BCUT2D eigenvalue weighted by atomic mass is 9.92. The van der Waals surface area contributed by atoms with E-state index >= 15 is 0 Å². The second-order valence-electron chi connectivity index (χ2n) is 9.33. The summed E-state index contributed by atoms with van der Waals surface area (Å²) in [6.07, 6.45) is 8.44. The Labute approximate surface area is 191 Å². The average Bonchev–Trinajstić information content (AvgIpc) is 3.15. The second-order valence-corrected chi connectivity index (χ2v) is 9.33. The van der Waals surface area contributed by atoms with Crippen molar-refractivity contribution in [3.05, 3.63) is 42.1 Å². The molecule has 2 fully saturated rings. The van der Waals surface area contributed by atoms with Crippen molar-refractivity contribution in [2.75, 3.05) is 10.6 Å². The van der Waals surface area contributed by atoms with E-state index in [0.717, 1.165) is 55.9 Å². The fourth-order valence-electron chi connectivity index (χ4n) is 5.04. The number of pyridine rings is 1. The molecule has 2 aromatic heterocycles. The van der Waals surface area contributed by atoms with Gasteiger partial charge in [0.05, 0.1) is 23.5 Å². The number of nitrogens with zero attached hydrogens (tertiary/aromatic N) is 3. The Morgan fingerprint density at radius 3 is 2.48 bits per heavy atom. The minimum absolute atomic E-state index is 0.104. The van der Waals surface area contributed by atoms with Gasteiger partial charge in [0, 0.05) is 30.3 Å². The number of nitrogens with one attached hydrogen (secondary N) is 2. The van der Waals surface area contributed by atoms with E-state index in [1.807, 2.05) is 6.07 Å². The van der Waals surface area contributed by atoms with Crippen LogP contribution in [0.3, 0.4) is 0 Å². The van der Waals surface area contributed by atoms with Gasteiger partial charge < -0.3 is 26.0 Å². The molecule has 2 saturated carbocycles. The van der Waals surface area contributed by atoms with E-state index in [1.54, 1.807) is 6.20 Å². The molecule has 176 valence electrons. The summed E-state index contributed by atoms with van der Waals surface area (Å²) in [4.78, 5) is 9.24. The summed E-state index contributed by atoms with van der Waals surface area (Å²) < 4.78 is 29.8. The van der Waals surface area contributed by atoms with Crippen LogP contribution in [0, 0.1) is 11.6 Å². The van der Waals surface area contributed by atoms with Gasteiger partial charge in [0.25, 0.3) is 0 Å². The van der Waals surface area contributed by atoms with E-state index < -0.39 is 11.6 Å². The maximum Gasteiger partial charge on any atom is 0.208 e. The van der Waals surface area contributed by atoms with Crippen LogP contribution >= 0.6 is 0 Å². The third-order valence-electron chi connectivity index (χ3n) is 6.91. The first-order valence-electron chi connectivity index (χ1n) is 11.8. The number of halogens is 2. The zero-order chi connectivity index (χ0) is 22.9. The molecule has 0 spiro atoms. The van der Waals surface area contributed by atoms with Crippen LogP contribution in [0.4, 0.5) is 26.2 Å². The lowest BCUT2D eigenvalue weighted by Gasteiger charge is -2.29. The largest absolute Gasteiger partial charge is 0.393 e. The topological polar surface area (TPSA) is 101 Å². The molecule has 1 aromatic carbocycles. The monoisotopic (exact) mass is 456 g/mol. The van der Waals surface area contributed by atoms with E-state index in [1.165, 1.54) is 12.1 Å². The van der Waals surface area contributed by atoms with Crippen molar-refractivity contribution in [3.63, 3.8) is 0 Å². The Morgan fingerprint density at radius 1 is 1.00 bits per heavy atom. The third kappa shape index (κ3) is 4.79. The SMILES string of the molecule is NC1CCC(Nc2cc3c(cn2)nc(Nc2ccc(F)cc2F)n3C2CCC(O)CC2)CC1. The van der Waals surface area contributed by atoms with Crippen molar-refractivity contribution in [2.45, 2.75) is 75.6 Å². The van der Waals surface area contributed by atoms with Crippen LogP contribution in [0.1, 0.15) is 57.4 Å². The molecule has 2 heterocycles. The van der Waals surface area contributed by atoms with Crippen molar-refractivity contribution in [3.8, 4) is 0 Å². The highest BCUT2D eigenvalue weighted by atomic mass is 19.1. The normalized spacial score (nSPS) is 25.8. The van der Waals surface area contributed by atoms with Crippen molar-refractivity contribution < 1.29 is 13.9 Å². The standard InChI is InChI=1S/C24H30F2N6O/c25-14-1-10-20(19(26)11-14)30-24-31-21-13-28-23(29-16-4-2-15(27)3-5-16)12-22(21)32(24)17-6-8-18(33)9-7-17/h1,10-13,15-18,33H,2-9,27H2,(H,28,29)(H,30,31). The van der Waals surface area contributed by atoms with Gasteiger partial charge >= 0.3 is 0 Å². The van der Waals surface area contributed by atoms with Gasteiger partial charge in [-0.1, -0.05) is 0 Å². The maximum absolute atomic E-state index is 14.4. The highest BCUT2D eigenvalue weighted by molar-refractivity contribution is 5.81. The van der Waals surface area contributed by atoms with E-state index in [2.05, 4.69) is 25.2 Å². The molecule has 0 radical (unpaired) electrons. The zero-order valence-corrected chi connectivity index (χ0v) is 18.5. The van der Waals surface area contributed by atoms with Gasteiger partial charge in [-0.15, -0.1) is 0 Å². The first-order valence-corrected chi connectivity index (χ1v) is 11.8. The molecule has 5 rings (SSSR count). The van der Waals surface area contributed by atoms with Crippen molar-refractivity contribution in [1.82, 2.24) is 14.5 Å². The van der Waals surface area contributed by atoms with Crippen LogP contribution in [0.2, 0.25) is 0 Å². The van der Waals surface area contributed by atoms with Gasteiger partial charge in [-0.2, -0.15) is 0 Å². The summed E-state index contributed by atoms with van der Waals surface area (Å²) in [7, 11) is 0. The Morgan fingerprint density at radius 2 is 1.76 bits per heavy atom. The van der Waals surface area contributed by atoms with Crippen molar-refractivity contribution >= 4 is 28.5 Å². The molecule has 0 amide bonds. The van der Waals surface area contributed by atoms with E-state index in [4.69, 9.17) is 5.73 Å². The summed E-state index contributed by atoms with van der Waals surface area (Å²) >= 11 is 0. The molecule has 2 aliphatic carbocycles. The lowest BCUT2D eigenvalue weighted by molar-refractivity contribution is 0.112. The van der Waals surface area contributed by atoms with Gasteiger partial charge in [-0.3, -0.25) is 0 Å². The molecule has 0 unspecified atom stereocenters. The first-order chi connectivity index (χ1) is 16.0. The number of aliphatic hydroxyl groups excluding tert-OH is 1. The fourth-order valence-corrected chi connectivity index (χ4v) is 5.04. The van der Waals surface area contributed by atoms with E-state index in [0.29, 0.717) is 30.3 Å². The number of aliphatic hydroxyl groups is 1. The van der Waals surface area contributed by atoms with Crippen LogP contribution < -0.4 is 16.4 Å². The summed E-state index contributed by atoms with van der Waals surface area (Å²) in [5, 5.41) is 16.6. The maximum atomic E-state index is 14.4. The zero-order valence-electron chi connectivity index (χ0n) is 18.5. The molecule has 9 heteroatoms. The molecule has 33 heavy (non-hydrogen) atoms. The number of nitrogens with two attached hydrogens (primary N) is 1. The number of benzene rings is 1. The summed E-state index contributed by atoms with van der Waals surface area (Å²) in [6.45, 7) is 0. The first kappa shape index (κ1) is 22.0. The van der Waals surface area contributed by atoms with Crippen molar-refractivity contribution in [2.24, 2.45) is 5.73 Å². The van der Waals surface area contributed by atoms with Gasteiger partial charge in [0.2, 0.25) is 5.95 Å². The minimum atomic E-state index is -0.677. The van der Waals surface area contributed by atoms with Gasteiger partial charge in [0.1, 0.15) is 23.0 Å². The van der Waals surface area contributed by atoms with Crippen molar-refractivity contribution in [1.29, 1.82) is 0 Å². The quantitative estimate of drug-likeness (QED) is 0.447. The molecule has 0 atom stereocenters. The molecule has 3 aromatic rings. The third-order valence-corrected chi connectivity index (χ3v) is 6.91. The molecule has 5 N–H and O–H groups in total. The number of imidazole rings is 1. The second kappa shape index (κ2) is 9.23. The minimum Gasteiger partial charge on any atom is -0.393 e. The Bertz CT molecular complexity index is 1120. The molecule has 2 aliphatic rings. The summed E-state index contributed by atoms with van der Waals surface area (Å²) in [5.41, 5.74) is 7.79. The van der Waals surface area contributed by atoms with E-state index in [-0.39, 0.29) is 23.9 Å². The van der Waals surface area contributed by atoms with Crippen LogP contribution in [-0.2, 0) is 0 Å². The molecule has 0 saturated heterocycles. The molecule has 7 nitrogen and oxygen atoms in total. The van der Waals surface area contributed by atoms with Gasteiger partial charge in [-0.25, -0.2) is 18.7 Å². The predicted molar refractivity (Wildman–Crippen MR) is 125 cm³/mol. The highest BCUT2D eigenvalue weighted by Crippen LogP contribution is 2.36. The Kier molecular flexibility index (Phi) is 6.16. The predicted octanol–water partition coefficient (Wildman–Crippen LogP) is 4.61. The summed E-state index contributed by atoms with van der Waals surface area (Å²) in [5.74, 6) is -0.0426. The average molecular weight is 457 g/mol. The number of anilines is 3. The number of rotatable bonds is 5. The Hall–Kier alpha value is -2.78. The van der Waals surface area contributed by atoms with Crippen LogP contribution in [-0.4, -0.2) is 37.8 Å². The molecular weight excluding hydrogens is 426 g/mol. The fraction of sp³-hybridized carbons (Fsp3) is 0.500. The molecule has 0 bridgehead atoms. The Balaban J connectivity index is 1.49. The number of fused-ring (bicyclic) bond motifs is 1.